The molecule has 0 unspecified atom stereocenters. The predicted octanol–water partition coefficient (Wildman–Crippen LogP) is 3.33. The van der Waals surface area contributed by atoms with Crippen LogP contribution >= 0.6 is 0 Å². The summed E-state index contributed by atoms with van der Waals surface area (Å²) in [5.74, 6) is 0.689. The quantitative estimate of drug-likeness (QED) is 0.697. The molecule has 0 saturated heterocycles. The Morgan fingerprint density at radius 1 is 1.38 bits per heavy atom. The molecule has 0 amide bonds. The molecule has 0 aliphatic heterocycles. The summed E-state index contributed by atoms with van der Waals surface area (Å²) in [6.07, 6.45) is 5.34. The number of furan rings is 1. The van der Waals surface area contributed by atoms with Crippen LogP contribution in [-0.4, -0.2) is 6.61 Å². The Balaban J connectivity index is 2.62. The summed E-state index contributed by atoms with van der Waals surface area (Å²) in [5, 5.41) is 0. The van der Waals surface area contributed by atoms with Crippen molar-refractivity contribution >= 4 is 0 Å². The lowest BCUT2D eigenvalue weighted by Crippen LogP contribution is -1.92. The van der Waals surface area contributed by atoms with Crippen LogP contribution in [0.4, 0.5) is 0 Å². The van der Waals surface area contributed by atoms with Crippen molar-refractivity contribution in [3.63, 3.8) is 0 Å². The average Bonchev–Trinajstić information content (AvgIpc) is 2.46. The zero-order valence-corrected chi connectivity index (χ0v) is 8.72. The monoisotopic (exact) mass is 182 g/mol. The topological polar surface area (TPSA) is 22.4 Å². The first kappa shape index (κ1) is 10.2. The maximum atomic E-state index is 5.33. The van der Waals surface area contributed by atoms with Crippen molar-refractivity contribution in [1.82, 2.24) is 0 Å². The minimum atomic E-state index is 0.668. The zero-order chi connectivity index (χ0) is 9.68. The predicted molar refractivity (Wildman–Crippen MR) is 53.2 cm³/mol. The number of hydrogen-bond acceptors (Lipinski definition) is 2. The first-order chi connectivity index (χ1) is 6.29. The van der Waals surface area contributed by atoms with Crippen molar-refractivity contribution in [3.8, 4) is 5.95 Å². The lowest BCUT2D eigenvalue weighted by molar-refractivity contribution is 0.255. The molecular weight excluding hydrogens is 164 g/mol. The molecule has 0 saturated carbocycles. The molecule has 0 aliphatic rings. The third-order valence-corrected chi connectivity index (χ3v) is 2.17. The van der Waals surface area contributed by atoms with E-state index in [-0.39, 0.29) is 0 Å². The molecule has 1 rings (SSSR count). The van der Waals surface area contributed by atoms with Gasteiger partial charge in [-0.2, -0.15) is 0 Å². The molecule has 0 aliphatic carbocycles. The number of unbranched alkanes of at least 4 members (excludes halogenated alkanes) is 1. The number of hydrogen-bond donors (Lipinski definition) is 0. The molecule has 0 fully saturated rings. The SMILES string of the molecule is CCCCc1coc(OCC)c1C. The number of rotatable bonds is 5. The minimum absolute atomic E-state index is 0.668. The highest BCUT2D eigenvalue weighted by Crippen LogP contribution is 2.24. The van der Waals surface area contributed by atoms with E-state index in [0.717, 1.165) is 12.0 Å². The van der Waals surface area contributed by atoms with Crippen LogP contribution in [0.1, 0.15) is 37.8 Å². The molecule has 13 heavy (non-hydrogen) atoms. The number of aryl methyl sites for hydroxylation is 1. The van der Waals surface area contributed by atoms with Gasteiger partial charge in [-0.1, -0.05) is 13.3 Å². The number of ether oxygens (including phenoxy) is 1. The van der Waals surface area contributed by atoms with Gasteiger partial charge < -0.3 is 9.15 Å². The fourth-order valence-electron chi connectivity index (χ4n) is 1.32. The van der Waals surface area contributed by atoms with E-state index in [1.807, 2.05) is 13.2 Å². The largest absolute Gasteiger partial charge is 0.465 e. The Hall–Kier alpha value is -0.920. The molecule has 0 N–H and O–H groups in total. The van der Waals surface area contributed by atoms with Gasteiger partial charge in [-0.3, -0.25) is 0 Å². The Morgan fingerprint density at radius 3 is 2.77 bits per heavy atom. The Bertz CT molecular complexity index is 251. The van der Waals surface area contributed by atoms with Gasteiger partial charge in [0.1, 0.15) is 0 Å². The fourth-order valence-corrected chi connectivity index (χ4v) is 1.32. The second-order valence-corrected chi connectivity index (χ2v) is 3.21. The smallest absolute Gasteiger partial charge is 0.287 e. The fraction of sp³-hybridized carbons (Fsp3) is 0.636. The molecule has 74 valence electrons. The first-order valence-corrected chi connectivity index (χ1v) is 4.99. The summed E-state index contributed by atoms with van der Waals surface area (Å²) in [6.45, 7) is 6.88. The van der Waals surface area contributed by atoms with Gasteiger partial charge >= 0.3 is 0 Å². The first-order valence-electron chi connectivity index (χ1n) is 4.99. The molecule has 1 aromatic heterocycles. The van der Waals surface area contributed by atoms with Gasteiger partial charge in [0.25, 0.3) is 5.95 Å². The van der Waals surface area contributed by atoms with E-state index < -0.39 is 0 Å². The summed E-state index contributed by atoms with van der Waals surface area (Å²) < 4.78 is 10.6. The van der Waals surface area contributed by atoms with Gasteiger partial charge in [0.15, 0.2) is 0 Å². The van der Waals surface area contributed by atoms with E-state index in [9.17, 15) is 0 Å². The van der Waals surface area contributed by atoms with Gasteiger partial charge in [0.2, 0.25) is 0 Å². The van der Waals surface area contributed by atoms with Crippen LogP contribution in [0.25, 0.3) is 0 Å². The van der Waals surface area contributed by atoms with Gasteiger partial charge in [0, 0.05) is 5.56 Å². The van der Waals surface area contributed by atoms with Crippen molar-refractivity contribution in [2.75, 3.05) is 6.61 Å². The highest BCUT2D eigenvalue weighted by molar-refractivity contribution is 5.30. The zero-order valence-electron chi connectivity index (χ0n) is 8.72. The van der Waals surface area contributed by atoms with E-state index in [2.05, 4.69) is 13.8 Å². The average molecular weight is 182 g/mol. The standard InChI is InChI=1S/C11H18O2/c1-4-6-7-10-8-13-11(9(10)3)12-5-2/h8H,4-7H2,1-3H3. The molecule has 0 aromatic carbocycles. The molecule has 1 aromatic rings. The van der Waals surface area contributed by atoms with Crippen LogP contribution < -0.4 is 4.74 Å². The summed E-state index contributed by atoms with van der Waals surface area (Å²) in [5.41, 5.74) is 2.45. The minimum Gasteiger partial charge on any atom is -0.465 e. The highest BCUT2D eigenvalue weighted by atomic mass is 16.6. The second-order valence-electron chi connectivity index (χ2n) is 3.21. The van der Waals surface area contributed by atoms with Crippen molar-refractivity contribution in [2.24, 2.45) is 0 Å². The molecule has 0 bridgehead atoms. The van der Waals surface area contributed by atoms with Crippen LogP contribution in [0.2, 0.25) is 0 Å². The van der Waals surface area contributed by atoms with Gasteiger partial charge in [0.05, 0.1) is 12.9 Å². The normalized spacial score (nSPS) is 10.4. The summed E-state index contributed by atoms with van der Waals surface area (Å²) >= 11 is 0. The molecule has 2 nitrogen and oxygen atoms in total. The van der Waals surface area contributed by atoms with Crippen molar-refractivity contribution < 1.29 is 9.15 Å². The highest BCUT2D eigenvalue weighted by Gasteiger charge is 2.08. The third kappa shape index (κ3) is 2.51. The molecule has 0 spiro atoms. The molecule has 1 heterocycles. The summed E-state index contributed by atoms with van der Waals surface area (Å²) in [4.78, 5) is 0. The van der Waals surface area contributed by atoms with Gasteiger partial charge in [-0.25, -0.2) is 0 Å². The van der Waals surface area contributed by atoms with Crippen molar-refractivity contribution in [1.29, 1.82) is 0 Å². The summed E-state index contributed by atoms with van der Waals surface area (Å²) in [6, 6.07) is 0. The maximum absolute atomic E-state index is 5.33. The maximum Gasteiger partial charge on any atom is 0.287 e. The molecular formula is C11H18O2. The second kappa shape index (κ2) is 4.95. The molecule has 0 atom stereocenters. The van der Waals surface area contributed by atoms with Crippen molar-refractivity contribution in [2.45, 2.75) is 40.0 Å². The van der Waals surface area contributed by atoms with E-state index >= 15 is 0 Å². The van der Waals surface area contributed by atoms with Crippen LogP contribution in [0.5, 0.6) is 5.95 Å². The van der Waals surface area contributed by atoms with Crippen LogP contribution in [-0.2, 0) is 6.42 Å². The Kier molecular flexibility index (Phi) is 3.87. The van der Waals surface area contributed by atoms with Gasteiger partial charge in [-0.15, -0.1) is 0 Å². The van der Waals surface area contributed by atoms with E-state index in [0.29, 0.717) is 12.6 Å². The van der Waals surface area contributed by atoms with E-state index in [4.69, 9.17) is 9.15 Å². The Morgan fingerprint density at radius 2 is 2.15 bits per heavy atom. The Labute approximate surface area is 79.9 Å². The van der Waals surface area contributed by atoms with Crippen LogP contribution in [0.3, 0.4) is 0 Å². The van der Waals surface area contributed by atoms with Crippen LogP contribution in [0.15, 0.2) is 10.7 Å². The summed E-state index contributed by atoms with van der Waals surface area (Å²) in [7, 11) is 0. The van der Waals surface area contributed by atoms with Crippen molar-refractivity contribution in [3.05, 3.63) is 17.4 Å². The van der Waals surface area contributed by atoms with E-state index in [1.165, 1.54) is 18.4 Å². The van der Waals surface area contributed by atoms with Crippen LogP contribution in [0, 0.1) is 6.92 Å². The van der Waals surface area contributed by atoms with Gasteiger partial charge in [-0.05, 0) is 32.3 Å². The lowest BCUT2D eigenvalue weighted by atomic mass is 10.1. The molecule has 0 radical (unpaired) electrons. The van der Waals surface area contributed by atoms with E-state index in [1.54, 1.807) is 0 Å². The third-order valence-electron chi connectivity index (χ3n) is 2.17. The molecule has 2 heteroatoms. The lowest BCUT2D eigenvalue weighted by Gasteiger charge is -1.99.